The number of nitriles is 1. The van der Waals surface area contributed by atoms with Gasteiger partial charge in [-0.1, -0.05) is 11.2 Å². The lowest BCUT2D eigenvalue weighted by Crippen LogP contribution is -2.50. The summed E-state index contributed by atoms with van der Waals surface area (Å²) in [5, 5.41) is 15.8. The smallest absolute Gasteiger partial charge is 0.273 e. The maximum Gasteiger partial charge on any atom is 0.273 e. The molecule has 1 N–H and O–H groups in total. The number of carbonyl (C=O) groups is 1. The Morgan fingerprint density at radius 1 is 1.31 bits per heavy atom. The Kier molecular flexibility index (Phi) is 5.15. The lowest BCUT2D eigenvalue weighted by atomic mass is 10.0. The second-order valence-electron chi connectivity index (χ2n) is 7.69. The molecule has 1 saturated carbocycles. The van der Waals surface area contributed by atoms with Crippen molar-refractivity contribution in [2.24, 2.45) is 0 Å². The van der Waals surface area contributed by atoms with Crippen molar-refractivity contribution in [1.82, 2.24) is 14.8 Å². The number of rotatable bonds is 5. The first-order chi connectivity index (χ1) is 13.9. The number of sulfonamides is 1. The van der Waals surface area contributed by atoms with Crippen LogP contribution < -0.4 is 5.32 Å². The van der Waals surface area contributed by atoms with Gasteiger partial charge in [0.05, 0.1) is 16.5 Å². The zero-order valence-corrected chi connectivity index (χ0v) is 16.9. The van der Waals surface area contributed by atoms with Crippen molar-refractivity contribution in [3.8, 4) is 6.07 Å². The number of piperidine rings is 1. The normalized spacial score (nSPS) is 22.8. The summed E-state index contributed by atoms with van der Waals surface area (Å²) in [4.78, 5) is 12.6. The van der Waals surface area contributed by atoms with Gasteiger partial charge < -0.3 is 9.84 Å². The predicted molar refractivity (Wildman–Crippen MR) is 103 cm³/mol. The molecule has 152 valence electrons. The zero-order valence-electron chi connectivity index (χ0n) is 16.0. The van der Waals surface area contributed by atoms with Crippen LogP contribution in [0.15, 0.2) is 39.8 Å². The minimum Gasteiger partial charge on any atom is -0.360 e. The Morgan fingerprint density at radius 3 is 2.79 bits per heavy atom. The molecule has 2 aliphatic rings. The molecule has 2 heterocycles. The quantitative estimate of drug-likeness (QED) is 0.803. The number of aromatic nitrogens is 1. The van der Waals surface area contributed by atoms with Crippen LogP contribution in [0.1, 0.15) is 60.3 Å². The van der Waals surface area contributed by atoms with E-state index in [-0.39, 0.29) is 35.1 Å². The third kappa shape index (κ3) is 4.04. The van der Waals surface area contributed by atoms with Crippen molar-refractivity contribution in [2.75, 3.05) is 6.54 Å². The highest BCUT2D eigenvalue weighted by Crippen LogP contribution is 2.40. The van der Waals surface area contributed by atoms with E-state index in [2.05, 4.69) is 10.5 Å². The lowest BCUT2D eigenvalue weighted by molar-refractivity contribution is 0.0905. The summed E-state index contributed by atoms with van der Waals surface area (Å²) in [5.41, 5.74) is 0.571. The van der Waals surface area contributed by atoms with Gasteiger partial charge in [-0.3, -0.25) is 4.79 Å². The van der Waals surface area contributed by atoms with Crippen LogP contribution in [0.4, 0.5) is 0 Å². The van der Waals surface area contributed by atoms with Crippen molar-refractivity contribution < 1.29 is 17.7 Å². The topological polar surface area (TPSA) is 116 Å². The number of nitrogens with one attached hydrogen (secondary N) is 1. The molecule has 1 amide bonds. The van der Waals surface area contributed by atoms with Gasteiger partial charge in [0.1, 0.15) is 5.76 Å². The second kappa shape index (κ2) is 7.61. The molecule has 9 heteroatoms. The van der Waals surface area contributed by atoms with Crippen LogP contribution >= 0.6 is 0 Å². The molecule has 2 aromatic rings. The summed E-state index contributed by atoms with van der Waals surface area (Å²) in [6.07, 6.45) is 3.13. The highest BCUT2D eigenvalue weighted by atomic mass is 32.2. The van der Waals surface area contributed by atoms with Crippen LogP contribution in [-0.2, 0) is 10.0 Å². The van der Waals surface area contributed by atoms with Gasteiger partial charge >= 0.3 is 0 Å². The largest absolute Gasteiger partial charge is 0.360 e. The van der Waals surface area contributed by atoms with Gasteiger partial charge in [-0.25, -0.2) is 8.42 Å². The summed E-state index contributed by atoms with van der Waals surface area (Å²) < 4.78 is 32.7. The highest BCUT2D eigenvalue weighted by molar-refractivity contribution is 7.89. The van der Waals surface area contributed by atoms with E-state index >= 15 is 0 Å². The fraction of sp³-hybridized carbons (Fsp3) is 0.450. The van der Waals surface area contributed by atoms with E-state index in [4.69, 9.17) is 9.78 Å². The Balaban J connectivity index is 1.40. The predicted octanol–water partition coefficient (Wildman–Crippen LogP) is 2.40. The molecule has 0 unspecified atom stereocenters. The number of amides is 1. The Hall–Kier alpha value is -2.70. The molecule has 1 aromatic heterocycles. The van der Waals surface area contributed by atoms with Gasteiger partial charge in [-0.15, -0.1) is 0 Å². The fourth-order valence-electron chi connectivity index (χ4n) is 3.72. The summed E-state index contributed by atoms with van der Waals surface area (Å²) in [7, 11) is -3.70. The second-order valence-corrected chi connectivity index (χ2v) is 9.58. The van der Waals surface area contributed by atoms with Crippen molar-refractivity contribution in [2.45, 2.75) is 55.5 Å². The first kappa shape index (κ1) is 19.6. The van der Waals surface area contributed by atoms with Crippen LogP contribution in [0.2, 0.25) is 0 Å². The molecule has 0 bridgehead atoms. The summed E-state index contributed by atoms with van der Waals surface area (Å²) in [6, 6.07) is 9.25. The van der Waals surface area contributed by atoms with E-state index < -0.39 is 10.0 Å². The summed E-state index contributed by atoms with van der Waals surface area (Å²) in [5.74, 6) is 0.844. The minimum absolute atomic E-state index is 0.112. The van der Waals surface area contributed by atoms with Crippen molar-refractivity contribution in [3.05, 3.63) is 47.3 Å². The van der Waals surface area contributed by atoms with Gasteiger partial charge in [0.25, 0.3) is 5.91 Å². The van der Waals surface area contributed by atoms with E-state index in [0.717, 1.165) is 18.6 Å². The highest BCUT2D eigenvalue weighted by Gasteiger charge is 2.35. The summed E-state index contributed by atoms with van der Waals surface area (Å²) in [6.45, 7) is 2.11. The lowest BCUT2D eigenvalue weighted by Gasteiger charge is -2.36. The monoisotopic (exact) mass is 414 g/mol. The molecule has 1 aliphatic carbocycles. The van der Waals surface area contributed by atoms with E-state index in [1.165, 1.54) is 16.4 Å². The molecule has 1 saturated heterocycles. The molecule has 1 aromatic carbocycles. The number of nitrogens with zero attached hydrogens (tertiary/aromatic N) is 3. The van der Waals surface area contributed by atoms with Gasteiger partial charge in [0.2, 0.25) is 10.0 Å². The molecule has 8 nitrogen and oxygen atoms in total. The van der Waals surface area contributed by atoms with Crippen LogP contribution in [0, 0.1) is 11.3 Å². The maximum absolute atomic E-state index is 13.0. The molecule has 2 fully saturated rings. The average molecular weight is 414 g/mol. The number of carbonyl (C=O) groups excluding carboxylic acids is 1. The van der Waals surface area contributed by atoms with Crippen molar-refractivity contribution >= 4 is 15.9 Å². The van der Waals surface area contributed by atoms with Gasteiger partial charge in [-0.2, -0.15) is 9.57 Å². The number of hydrogen-bond donors (Lipinski definition) is 1. The van der Waals surface area contributed by atoms with Gasteiger partial charge in [0, 0.05) is 30.6 Å². The van der Waals surface area contributed by atoms with E-state index in [1.807, 2.05) is 13.0 Å². The molecule has 0 radical (unpaired) electrons. The molecule has 1 aliphatic heterocycles. The van der Waals surface area contributed by atoms with Crippen LogP contribution in [0.3, 0.4) is 0 Å². The van der Waals surface area contributed by atoms with Gasteiger partial charge in [0.15, 0.2) is 5.69 Å². The van der Waals surface area contributed by atoms with Gasteiger partial charge in [-0.05, 0) is 50.8 Å². The number of benzene rings is 1. The molecular weight excluding hydrogens is 392 g/mol. The third-order valence-corrected chi connectivity index (χ3v) is 7.47. The van der Waals surface area contributed by atoms with Crippen LogP contribution in [-0.4, -0.2) is 42.4 Å². The Labute approximate surface area is 169 Å². The molecular formula is C20H22N4O4S. The average Bonchev–Trinajstić information content (AvgIpc) is 3.44. The van der Waals surface area contributed by atoms with Crippen LogP contribution in [0.5, 0.6) is 0 Å². The standard InChI is InChI=1S/C20H22N4O4S/c1-13-9-16(22-20(25)18-11-19(28-23-18)15-5-6-15)7-8-24(13)29(26,27)17-4-2-3-14(10-17)12-21/h2-4,10-11,13,15-16H,5-9H2,1H3,(H,22,25)/t13-,16-/m1/s1. The van der Waals surface area contributed by atoms with E-state index in [0.29, 0.717) is 24.3 Å². The van der Waals surface area contributed by atoms with E-state index in [9.17, 15) is 13.2 Å². The van der Waals surface area contributed by atoms with Crippen LogP contribution in [0.25, 0.3) is 0 Å². The molecule has 29 heavy (non-hydrogen) atoms. The van der Waals surface area contributed by atoms with Crippen molar-refractivity contribution in [1.29, 1.82) is 5.26 Å². The Morgan fingerprint density at radius 2 is 2.10 bits per heavy atom. The fourth-order valence-corrected chi connectivity index (χ4v) is 5.42. The molecule has 2 atom stereocenters. The third-order valence-electron chi connectivity index (χ3n) is 5.46. The summed E-state index contributed by atoms with van der Waals surface area (Å²) >= 11 is 0. The molecule has 4 rings (SSSR count). The molecule has 0 spiro atoms. The number of hydrogen-bond acceptors (Lipinski definition) is 6. The maximum atomic E-state index is 13.0. The first-order valence-corrected chi connectivity index (χ1v) is 11.1. The van der Waals surface area contributed by atoms with E-state index in [1.54, 1.807) is 18.2 Å². The first-order valence-electron chi connectivity index (χ1n) is 9.68. The minimum atomic E-state index is -3.70. The SMILES string of the molecule is C[C@@H]1C[C@H](NC(=O)c2cc(C3CC3)on2)CCN1S(=O)(=O)c1cccc(C#N)c1. The van der Waals surface area contributed by atoms with Crippen molar-refractivity contribution in [3.63, 3.8) is 0 Å². The Bertz CT molecular complexity index is 1070. The zero-order chi connectivity index (χ0) is 20.6.